The molecule has 1 fully saturated rings. The van der Waals surface area contributed by atoms with Gasteiger partial charge in [0, 0.05) is 19.2 Å². The summed E-state index contributed by atoms with van der Waals surface area (Å²) in [4.78, 5) is 12.8. The van der Waals surface area contributed by atoms with Crippen LogP contribution in [0.2, 0.25) is 0 Å². The van der Waals surface area contributed by atoms with Gasteiger partial charge in [0.05, 0.1) is 18.7 Å². The van der Waals surface area contributed by atoms with Crippen LogP contribution >= 0.6 is 0 Å². The second-order valence-electron chi connectivity index (χ2n) is 3.27. The number of primary amides is 1. The lowest BCUT2D eigenvalue weighted by Crippen LogP contribution is -2.51. The minimum absolute atomic E-state index is 0.0166. The molecule has 1 saturated heterocycles. The van der Waals surface area contributed by atoms with Gasteiger partial charge < -0.3 is 10.3 Å². The first-order valence-corrected chi connectivity index (χ1v) is 4.17. The van der Waals surface area contributed by atoms with Gasteiger partial charge in [-0.05, 0) is 0 Å². The first-order valence-electron chi connectivity index (χ1n) is 4.17. The predicted molar refractivity (Wildman–Crippen MR) is 44.5 cm³/mol. The lowest BCUT2D eigenvalue weighted by atomic mass is 10.00. The zero-order chi connectivity index (χ0) is 9.26. The lowest BCUT2D eigenvalue weighted by molar-refractivity contribution is -0.127. The summed E-state index contributed by atoms with van der Waals surface area (Å²) in [5.74, 6) is 0.625. The zero-order valence-corrected chi connectivity index (χ0v) is 7.14. The SMILES string of the molecule is NC(=O)C1CN(Cc2ccno2)C1. The largest absolute Gasteiger partial charge is 0.369 e. The van der Waals surface area contributed by atoms with Crippen molar-refractivity contribution in [1.82, 2.24) is 10.1 Å². The molecule has 2 rings (SSSR count). The fourth-order valence-electron chi connectivity index (χ4n) is 1.42. The van der Waals surface area contributed by atoms with Crippen molar-refractivity contribution >= 4 is 5.91 Å². The molecule has 1 amide bonds. The van der Waals surface area contributed by atoms with Crippen molar-refractivity contribution in [1.29, 1.82) is 0 Å². The molecule has 13 heavy (non-hydrogen) atoms. The molecule has 70 valence electrons. The summed E-state index contributed by atoms with van der Waals surface area (Å²) in [6.07, 6.45) is 1.61. The molecular formula is C8H11N3O2. The maximum Gasteiger partial charge on any atom is 0.223 e. The molecule has 2 heterocycles. The van der Waals surface area contributed by atoms with Crippen LogP contribution in [-0.2, 0) is 11.3 Å². The quantitative estimate of drug-likeness (QED) is 0.688. The standard InChI is InChI=1S/C8H11N3O2/c9-8(12)6-3-11(4-6)5-7-1-2-10-13-7/h1-2,6H,3-5H2,(H2,9,12). The number of aromatic nitrogens is 1. The van der Waals surface area contributed by atoms with Crippen LogP contribution in [-0.4, -0.2) is 29.1 Å². The average Bonchev–Trinajstić information content (AvgIpc) is 2.46. The monoisotopic (exact) mass is 181 g/mol. The summed E-state index contributed by atoms with van der Waals surface area (Å²) in [5.41, 5.74) is 5.13. The third kappa shape index (κ3) is 1.70. The number of rotatable bonds is 3. The summed E-state index contributed by atoms with van der Waals surface area (Å²) < 4.78 is 4.93. The molecule has 0 aliphatic carbocycles. The van der Waals surface area contributed by atoms with Gasteiger partial charge in [-0.3, -0.25) is 9.69 Å². The Balaban J connectivity index is 1.79. The average molecular weight is 181 g/mol. The van der Waals surface area contributed by atoms with E-state index in [1.807, 2.05) is 6.07 Å². The topological polar surface area (TPSA) is 72.4 Å². The molecule has 0 atom stereocenters. The van der Waals surface area contributed by atoms with E-state index >= 15 is 0 Å². The van der Waals surface area contributed by atoms with Gasteiger partial charge in [0.1, 0.15) is 0 Å². The molecular weight excluding hydrogens is 170 g/mol. The second kappa shape index (κ2) is 3.18. The molecule has 1 aliphatic heterocycles. The van der Waals surface area contributed by atoms with E-state index in [-0.39, 0.29) is 11.8 Å². The smallest absolute Gasteiger partial charge is 0.223 e. The zero-order valence-electron chi connectivity index (χ0n) is 7.14. The van der Waals surface area contributed by atoms with Crippen LogP contribution < -0.4 is 5.73 Å². The molecule has 0 aromatic carbocycles. The van der Waals surface area contributed by atoms with Gasteiger partial charge in [0.2, 0.25) is 5.91 Å². The molecule has 1 aromatic rings. The van der Waals surface area contributed by atoms with E-state index in [0.717, 1.165) is 18.8 Å². The fourth-order valence-corrected chi connectivity index (χ4v) is 1.42. The number of likely N-dealkylation sites (tertiary alicyclic amines) is 1. The van der Waals surface area contributed by atoms with E-state index in [4.69, 9.17) is 10.3 Å². The van der Waals surface area contributed by atoms with Gasteiger partial charge in [-0.25, -0.2) is 0 Å². The van der Waals surface area contributed by atoms with Crippen LogP contribution in [0.15, 0.2) is 16.8 Å². The molecule has 5 nitrogen and oxygen atoms in total. The molecule has 0 bridgehead atoms. The van der Waals surface area contributed by atoms with E-state index in [2.05, 4.69) is 10.1 Å². The Bertz CT molecular complexity index is 290. The van der Waals surface area contributed by atoms with Gasteiger partial charge in [-0.2, -0.15) is 0 Å². The number of amides is 1. The molecule has 2 N–H and O–H groups in total. The first-order chi connectivity index (χ1) is 6.25. The third-order valence-electron chi connectivity index (χ3n) is 2.23. The highest BCUT2D eigenvalue weighted by atomic mass is 16.5. The summed E-state index contributed by atoms with van der Waals surface area (Å²) in [5, 5.41) is 3.59. The van der Waals surface area contributed by atoms with E-state index in [1.165, 1.54) is 0 Å². The normalized spacial score (nSPS) is 18.5. The highest BCUT2D eigenvalue weighted by Gasteiger charge is 2.31. The minimum atomic E-state index is -0.214. The van der Waals surface area contributed by atoms with Crippen LogP contribution in [0.3, 0.4) is 0 Å². The number of carbonyl (C=O) groups is 1. The minimum Gasteiger partial charge on any atom is -0.369 e. The highest BCUT2D eigenvalue weighted by Crippen LogP contribution is 2.17. The fraction of sp³-hybridized carbons (Fsp3) is 0.500. The number of carbonyl (C=O) groups excluding carboxylic acids is 1. The highest BCUT2D eigenvalue weighted by molar-refractivity contribution is 5.78. The van der Waals surface area contributed by atoms with Crippen molar-refractivity contribution in [3.05, 3.63) is 18.0 Å². The maximum atomic E-state index is 10.7. The van der Waals surface area contributed by atoms with Crippen LogP contribution in [0, 0.1) is 5.92 Å². The van der Waals surface area contributed by atoms with Crippen molar-refractivity contribution in [3.8, 4) is 0 Å². The predicted octanol–water partition coefficient (Wildman–Crippen LogP) is -0.408. The lowest BCUT2D eigenvalue weighted by Gasteiger charge is -2.36. The van der Waals surface area contributed by atoms with Crippen LogP contribution in [0.5, 0.6) is 0 Å². The summed E-state index contributed by atoms with van der Waals surface area (Å²) in [6, 6.07) is 1.82. The van der Waals surface area contributed by atoms with E-state index in [0.29, 0.717) is 6.54 Å². The van der Waals surface area contributed by atoms with Gasteiger partial charge in [-0.1, -0.05) is 5.16 Å². The van der Waals surface area contributed by atoms with E-state index in [9.17, 15) is 4.79 Å². The number of nitrogens with two attached hydrogens (primary N) is 1. The maximum absolute atomic E-state index is 10.7. The van der Waals surface area contributed by atoms with Crippen LogP contribution in [0.4, 0.5) is 0 Å². The Kier molecular flexibility index (Phi) is 2.02. The van der Waals surface area contributed by atoms with Crippen molar-refractivity contribution in [3.63, 3.8) is 0 Å². The molecule has 0 saturated carbocycles. The number of hydrogen-bond acceptors (Lipinski definition) is 4. The first kappa shape index (κ1) is 8.25. The van der Waals surface area contributed by atoms with Crippen LogP contribution in [0.1, 0.15) is 5.76 Å². The molecule has 0 spiro atoms. The third-order valence-corrected chi connectivity index (χ3v) is 2.23. The van der Waals surface area contributed by atoms with E-state index < -0.39 is 0 Å². The van der Waals surface area contributed by atoms with Crippen molar-refractivity contribution in [2.24, 2.45) is 11.7 Å². The van der Waals surface area contributed by atoms with E-state index in [1.54, 1.807) is 6.20 Å². The summed E-state index contributed by atoms with van der Waals surface area (Å²) in [6.45, 7) is 2.18. The summed E-state index contributed by atoms with van der Waals surface area (Å²) >= 11 is 0. The summed E-state index contributed by atoms with van der Waals surface area (Å²) in [7, 11) is 0. The number of nitrogens with zero attached hydrogens (tertiary/aromatic N) is 2. The van der Waals surface area contributed by atoms with Crippen LogP contribution in [0.25, 0.3) is 0 Å². The van der Waals surface area contributed by atoms with Crippen molar-refractivity contribution in [2.75, 3.05) is 13.1 Å². The Hall–Kier alpha value is -1.36. The molecule has 0 radical (unpaired) electrons. The Morgan fingerprint density at radius 2 is 2.54 bits per heavy atom. The van der Waals surface area contributed by atoms with Gasteiger partial charge >= 0.3 is 0 Å². The second-order valence-corrected chi connectivity index (χ2v) is 3.27. The molecule has 1 aliphatic rings. The Morgan fingerprint density at radius 1 is 1.77 bits per heavy atom. The van der Waals surface area contributed by atoms with Crippen molar-refractivity contribution < 1.29 is 9.32 Å². The molecule has 5 heteroatoms. The molecule has 0 unspecified atom stereocenters. The number of hydrogen-bond donors (Lipinski definition) is 1. The Labute approximate surface area is 75.5 Å². The Morgan fingerprint density at radius 3 is 3.08 bits per heavy atom. The van der Waals surface area contributed by atoms with Gasteiger partial charge in [0.25, 0.3) is 0 Å². The van der Waals surface area contributed by atoms with Crippen molar-refractivity contribution in [2.45, 2.75) is 6.54 Å². The molecule has 1 aromatic heterocycles. The van der Waals surface area contributed by atoms with Gasteiger partial charge in [-0.15, -0.1) is 0 Å². The van der Waals surface area contributed by atoms with Gasteiger partial charge in [0.15, 0.2) is 5.76 Å².